The number of carbonyl (C=O) groups is 2. The van der Waals surface area contributed by atoms with Gasteiger partial charge in [0.25, 0.3) is 5.91 Å². The monoisotopic (exact) mass is 418 g/mol. The first kappa shape index (κ1) is 20.5. The zero-order chi connectivity index (χ0) is 22.1. The van der Waals surface area contributed by atoms with Crippen LogP contribution in [0.25, 0.3) is 11.3 Å². The molecule has 0 saturated heterocycles. The number of H-pyrrole nitrogens is 1. The van der Waals surface area contributed by atoms with Gasteiger partial charge in [0.2, 0.25) is 5.91 Å². The molecule has 1 aliphatic heterocycles. The van der Waals surface area contributed by atoms with Crippen LogP contribution >= 0.6 is 0 Å². The number of halogens is 1. The molecule has 2 heterocycles. The average molecular weight is 418 g/mol. The summed E-state index contributed by atoms with van der Waals surface area (Å²) in [5.41, 5.74) is 5.37. The predicted octanol–water partition coefficient (Wildman–Crippen LogP) is 4.30. The Morgan fingerprint density at radius 3 is 2.58 bits per heavy atom. The highest BCUT2D eigenvalue weighted by Gasteiger charge is 2.31. The number of hydrogen-bond donors (Lipinski definition) is 2. The van der Waals surface area contributed by atoms with Gasteiger partial charge in [-0.05, 0) is 49.2 Å². The Morgan fingerprint density at radius 2 is 1.90 bits per heavy atom. The number of aromatic nitrogens is 2. The van der Waals surface area contributed by atoms with E-state index < -0.39 is 5.92 Å². The molecule has 0 unspecified atom stereocenters. The van der Waals surface area contributed by atoms with Crippen LogP contribution in [0.2, 0.25) is 0 Å². The molecule has 0 spiro atoms. The number of benzene rings is 2. The molecule has 3 aromatic rings. The minimum Gasteiger partial charge on any atom is -0.322 e. The Bertz CT molecular complexity index is 1180. The Kier molecular flexibility index (Phi) is 5.42. The molecule has 0 fully saturated rings. The summed E-state index contributed by atoms with van der Waals surface area (Å²) in [6.45, 7) is 3.84. The van der Waals surface area contributed by atoms with Gasteiger partial charge >= 0.3 is 0 Å². The van der Waals surface area contributed by atoms with Crippen molar-refractivity contribution in [1.29, 1.82) is 0 Å². The van der Waals surface area contributed by atoms with Crippen molar-refractivity contribution in [3.05, 3.63) is 82.9 Å². The molecule has 0 radical (unpaired) electrons. The van der Waals surface area contributed by atoms with Gasteiger partial charge < -0.3 is 10.2 Å². The zero-order valence-electron chi connectivity index (χ0n) is 17.6. The molecule has 2 N–H and O–H groups in total. The molecule has 4 rings (SSSR count). The van der Waals surface area contributed by atoms with Crippen LogP contribution < -0.4 is 5.32 Å². The van der Waals surface area contributed by atoms with Gasteiger partial charge in [-0.25, -0.2) is 4.39 Å². The van der Waals surface area contributed by atoms with Gasteiger partial charge in [0.1, 0.15) is 5.82 Å². The fourth-order valence-electron chi connectivity index (χ4n) is 3.68. The Balaban J connectivity index is 1.65. The van der Waals surface area contributed by atoms with Gasteiger partial charge in [-0.1, -0.05) is 24.3 Å². The van der Waals surface area contributed by atoms with E-state index in [2.05, 4.69) is 15.5 Å². The number of amides is 2. The largest absolute Gasteiger partial charge is 0.322 e. The van der Waals surface area contributed by atoms with Crippen molar-refractivity contribution < 1.29 is 14.0 Å². The van der Waals surface area contributed by atoms with Crippen LogP contribution in [0.4, 0.5) is 10.1 Å². The van der Waals surface area contributed by atoms with Gasteiger partial charge in [-0.2, -0.15) is 5.10 Å². The number of aryl methyl sites for hydroxylation is 2. The molecule has 158 valence electrons. The second-order valence-electron chi connectivity index (χ2n) is 7.82. The van der Waals surface area contributed by atoms with Crippen LogP contribution in [0.1, 0.15) is 29.2 Å². The molecule has 0 saturated carbocycles. The Hall–Kier alpha value is -3.74. The summed E-state index contributed by atoms with van der Waals surface area (Å²) in [6.07, 6.45) is 1.71. The quantitative estimate of drug-likeness (QED) is 0.663. The van der Waals surface area contributed by atoms with Crippen molar-refractivity contribution in [2.45, 2.75) is 26.2 Å². The SMILES string of the molecule is Cc1cc(-c2ccc(C)c(NC(=O)C3=CN(C)C(=O)C[C@H]3c3ccc(F)cc3)c2)n[nH]1. The molecular weight excluding hydrogens is 395 g/mol. The summed E-state index contributed by atoms with van der Waals surface area (Å²) in [4.78, 5) is 27.0. The van der Waals surface area contributed by atoms with Gasteiger partial charge in [0, 0.05) is 48.1 Å². The first-order valence-corrected chi connectivity index (χ1v) is 9.99. The van der Waals surface area contributed by atoms with Crippen molar-refractivity contribution in [1.82, 2.24) is 15.1 Å². The zero-order valence-corrected chi connectivity index (χ0v) is 17.6. The molecule has 2 amide bonds. The predicted molar refractivity (Wildman–Crippen MR) is 117 cm³/mol. The fourth-order valence-corrected chi connectivity index (χ4v) is 3.68. The smallest absolute Gasteiger partial charge is 0.253 e. The van der Waals surface area contributed by atoms with E-state index >= 15 is 0 Å². The lowest BCUT2D eigenvalue weighted by Crippen LogP contribution is -2.33. The molecule has 7 heteroatoms. The van der Waals surface area contributed by atoms with Crippen LogP contribution in [0, 0.1) is 19.7 Å². The highest BCUT2D eigenvalue weighted by molar-refractivity contribution is 6.07. The number of hydrogen-bond acceptors (Lipinski definition) is 3. The maximum Gasteiger partial charge on any atom is 0.253 e. The standard InChI is InChI=1S/C24H23FN4O2/c1-14-4-5-17(22-10-15(2)27-28-22)11-21(14)26-24(31)20-13-29(3)23(30)12-19(20)16-6-8-18(25)9-7-16/h4-11,13,19H,12H2,1-3H3,(H,26,31)(H,27,28)/t19-/m0/s1. The lowest BCUT2D eigenvalue weighted by Gasteiger charge is -2.28. The third kappa shape index (κ3) is 4.26. The number of rotatable bonds is 4. The van der Waals surface area contributed by atoms with Crippen LogP contribution in [0.15, 0.2) is 60.3 Å². The van der Waals surface area contributed by atoms with E-state index in [1.165, 1.54) is 17.0 Å². The van der Waals surface area contributed by atoms with E-state index in [0.717, 1.165) is 28.1 Å². The summed E-state index contributed by atoms with van der Waals surface area (Å²) in [5, 5.41) is 10.2. The molecule has 31 heavy (non-hydrogen) atoms. The van der Waals surface area contributed by atoms with E-state index in [4.69, 9.17) is 0 Å². The van der Waals surface area contributed by atoms with E-state index in [1.54, 1.807) is 25.4 Å². The maximum atomic E-state index is 13.4. The normalized spacial score (nSPS) is 16.3. The molecular formula is C24H23FN4O2. The van der Waals surface area contributed by atoms with Gasteiger partial charge in [0.15, 0.2) is 0 Å². The molecule has 1 aliphatic rings. The second kappa shape index (κ2) is 8.18. The molecule has 2 aromatic carbocycles. The van der Waals surface area contributed by atoms with E-state index in [9.17, 15) is 14.0 Å². The number of nitrogens with one attached hydrogen (secondary N) is 2. The fraction of sp³-hybridized carbons (Fsp3) is 0.208. The van der Waals surface area contributed by atoms with Crippen LogP contribution in [-0.2, 0) is 9.59 Å². The van der Waals surface area contributed by atoms with Gasteiger partial charge in [-0.15, -0.1) is 0 Å². The average Bonchev–Trinajstić information content (AvgIpc) is 3.18. The third-order valence-corrected chi connectivity index (χ3v) is 5.50. The lowest BCUT2D eigenvalue weighted by atomic mass is 9.85. The van der Waals surface area contributed by atoms with Crippen molar-refractivity contribution in [3.8, 4) is 11.3 Å². The van der Waals surface area contributed by atoms with Crippen molar-refractivity contribution in [2.24, 2.45) is 0 Å². The summed E-state index contributed by atoms with van der Waals surface area (Å²) < 4.78 is 13.4. The number of anilines is 1. The molecule has 0 bridgehead atoms. The van der Waals surface area contributed by atoms with Gasteiger partial charge in [-0.3, -0.25) is 14.7 Å². The molecule has 1 aromatic heterocycles. The van der Waals surface area contributed by atoms with E-state index in [1.807, 2.05) is 38.1 Å². The van der Waals surface area contributed by atoms with E-state index in [0.29, 0.717) is 11.3 Å². The van der Waals surface area contributed by atoms with Crippen molar-refractivity contribution >= 4 is 17.5 Å². The van der Waals surface area contributed by atoms with Crippen molar-refractivity contribution in [2.75, 3.05) is 12.4 Å². The first-order chi connectivity index (χ1) is 14.8. The summed E-state index contributed by atoms with van der Waals surface area (Å²) in [7, 11) is 1.63. The number of aromatic amines is 1. The second-order valence-corrected chi connectivity index (χ2v) is 7.82. The molecule has 0 aliphatic carbocycles. The van der Waals surface area contributed by atoms with Crippen LogP contribution in [-0.4, -0.2) is 34.0 Å². The Morgan fingerprint density at radius 1 is 1.16 bits per heavy atom. The van der Waals surface area contributed by atoms with Crippen LogP contribution in [0.3, 0.4) is 0 Å². The van der Waals surface area contributed by atoms with Crippen LogP contribution in [0.5, 0.6) is 0 Å². The number of nitrogens with zero attached hydrogens (tertiary/aromatic N) is 2. The lowest BCUT2D eigenvalue weighted by molar-refractivity contribution is -0.128. The first-order valence-electron chi connectivity index (χ1n) is 9.99. The molecule has 1 atom stereocenters. The number of carbonyl (C=O) groups excluding carboxylic acids is 2. The molecule has 6 nitrogen and oxygen atoms in total. The Labute approximate surface area is 179 Å². The van der Waals surface area contributed by atoms with Crippen molar-refractivity contribution in [3.63, 3.8) is 0 Å². The maximum absolute atomic E-state index is 13.4. The minimum absolute atomic E-state index is 0.0991. The minimum atomic E-state index is -0.443. The third-order valence-electron chi connectivity index (χ3n) is 5.50. The van der Waals surface area contributed by atoms with Gasteiger partial charge in [0.05, 0.1) is 5.69 Å². The van der Waals surface area contributed by atoms with E-state index in [-0.39, 0.29) is 24.1 Å². The highest BCUT2D eigenvalue weighted by atomic mass is 19.1. The topological polar surface area (TPSA) is 78.1 Å². The summed E-state index contributed by atoms with van der Waals surface area (Å²) in [5.74, 6) is -1.20. The highest BCUT2D eigenvalue weighted by Crippen LogP contribution is 2.34. The summed E-state index contributed by atoms with van der Waals surface area (Å²) >= 11 is 0. The summed E-state index contributed by atoms with van der Waals surface area (Å²) in [6, 6.07) is 13.6.